The zero-order valence-electron chi connectivity index (χ0n) is 8.80. The molecule has 0 saturated heterocycles. The third-order valence-corrected chi connectivity index (χ3v) is 2.80. The van der Waals surface area contributed by atoms with Crippen LogP contribution in [0.15, 0.2) is 0 Å². The van der Waals surface area contributed by atoms with E-state index in [9.17, 15) is 9.90 Å². The van der Waals surface area contributed by atoms with E-state index < -0.39 is 5.97 Å². The van der Waals surface area contributed by atoms with E-state index in [0.29, 0.717) is 5.56 Å². The van der Waals surface area contributed by atoms with Gasteiger partial charge in [0.15, 0.2) is 0 Å². The summed E-state index contributed by atoms with van der Waals surface area (Å²) in [6.07, 6.45) is 0. The monoisotopic (exact) mass is 194 g/mol. The maximum absolute atomic E-state index is 10.9. The van der Waals surface area contributed by atoms with Crippen molar-refractivity contribution >= 4 is 5.97 Å². The van der Waals surface area contributed by atoms with Crippen LogP contribution >= 0.6 is 0 Å². The fourth-order valence-electron chi connectivity index (χ4n) is 1.65. The second-order valence-corrected chi connectivity index (χ2v) is 3.53. The number of rotatable bonds is 1. The molecule has 0 unspecified atom stereocenters. The molecule has 1 rings (SSSR count). The summed E-state index contributed by atoms with van der Waals surface area (Å²) in [6.45, 7) is 6.99. The molecular formula is C11H14O3. The molecule has 0 aliphatic heterocycles. The van der Waals surface area contributed by atoms with E-state index in [1.807, 2.05) is 6.92 Å². The van der Waals surface area contributed by atoms with Crippen LogP contribution in [0.4, 0.5) is 0 Å². The second kappa shape index (κ2) is 3.33. The van der Waals surface area contributed by atoms with Crippen LogP contribution in [0.5, 0.6) is 5.75 Å². The molecule has 0 atom stereocenters. The summed E-state index contributed by atoms with van der Waals surface area (Å²) in [5, 5.41) is 18.7. The maximum atomic E-state index is 10.9. The number of carboxylic acids is 1. The summed E-state index contributed by atoms with van der Waals surface area (Å²) in [4.78, 5) is 10.9. The second-order valence-electron chi connectivity index (χ2n) is 3.53. The number of carbonyl (C=O) groups is 1. The molecule has 0 heterocycles. The number of aromatic hydroxyl groups is 1. The molecule has 0 aliphatic rings. The highest BCUT2D eigenvalue weighted by Gasteiger charge is 2.18. The lowest BCUT2D eigenvalue weighted by molar-refractivity contribution is 0.0694. The van der Waals surface area contributed by atoms with Crippen LogP contribution in [-0.2, 0) is 0 Å². The Hall–Kier alpha value is -1.51. The van der Waals surface area contributed by atoms with Crippen molar-refractivity contribution in [1.82, 2.24) is 0 Å². The molecule has 1 aromatic carbocycles. The summed E-state index contributed by atoms with van der Waals surface area (Å²) < 4.78 is 0. The molecule has 0 fully saturated rings. The van der Waals surface area contributed by atoms with Gasteiger partial charge in [-0.2, -0.15) is 0 Å². The van der Waals surface area contributed by atoms with Gasteiger partial charge in [-0.3, -0.25) is 0 Å². The Labute approximate surface area is 83.0 Å². The van der Waals surface area contributed by atoms with Crippen molar-refractivity contribution in [2.45, 2.75) is 27.7 Å². The Bertz CT molecular complexity index is 376. The number of hydrogen-bond donors (Lipinski definition) is 2. The van der Waals surface area contributed by atoms with Crippen molar-refractivity contribution in [2.75, 3.05) is 0 Å². The predicted octanol–water partition coefficient (Wildman–Crippen LogP) is 2.32. The van der Waals surface area contributed by atoms with Gasteiger partial charge in [0.1, 0.15) is 5.75 Å². The average Bonchev–Trinajstić information content (AvgIpc) is 2.11. The molecule has 3 heteroatoms. The molecule has 14 heavy (non-hydrogen) atoms. The van der Waals surface area contributed by atoms with Gasteiger partial charge in [-0.1, -0.05) is 0 Å². The van der Waals surface area contributed by atoms with Crippen molar-refractivity contribution in [2.24, 2.45) is 0 Å². The number of carboxylic acid groups (broad SMARTS) is 1. The van der Waals surface area contributed by atoms with Crippen LogP contribution in [0.25, 0.3) is 0 Å². The van der Waals surface area contributed by atoms with E-state index in [1.54, 1.807) is 20.8 Å². The fourth-order valence-corrected chi connectivity index (χ4v) is 1.65. The third kappa shape index (κ3) is 1.35. The van der Waals surface area contributed by atoms with E-state index in [0.717, 1.165) is 16.7 Å². The Balaban J connectivity index is 3.68. The van der Waals surface area contributed by atoms with Crippen LogP contribution < -0.4 is 0 Å². The summed E-state index contributed by atoms with van der Waals surface area (Å²) in [5.41, 5.74) is 2.98. The molecule has 0 radical (unpaired) electrons. The molecule has 0 aliphatic carbocycles. The van der Waals surface area contributed by atoms with Crippen LogP contribution in [0, 0.1) is 27.7 Å². The molecule has 2 N–H and O–H groups in total. The van der Waals surface area contributed by atoms with E-state index in [2.05, 4.69) is 0 Å². The van der Waals surface area contributed by atoms with Crippen molar-refractivity contribution in [3.8, 4) is 5.75 Å². The molecule has 3 nitrogen and oxygen atoms in total. The Morgan fingerprint density at radius 3 is 1.86 bits per heavy atom. The van der Waals surface area contributed by atoms with Crippen LogP contribution in [0.3, 0.4) is 0 Å². The van der Waals surface area contributed by atoms with Gasteiger partial charge in [0.05, 0.1) is 5.56 Å². The minimum absolute atomic E-state index is 0.0884. The lowest BCUT2D eigenvalue weighted by Crippen LogP contribution is -2.06. The van der Waals surface area contributed by atoms with E-state index in [4.69, 9.17) is 5.11 Å². The van der Waals surface area contributed by atoms with E-state index in [-0.39, 0.29) is 11.3 Å². The van der Waals surface area contributed by atoms with E-state index >= 15 is 0 Å². The van der Waals surface area contributed by atoms with Crippen molar-refractivity contribution in [3.05, 3.63) is 27.8 Å². The van der Waals surface area contributed by atoms with Gasteiger partial charge in [0.25, 0.3) is 0 Å². The highest BCUT2D eigenvalue weighted by Crippen LogP contribution is 2.31. The summed E-state index contributed by atoms with van der Waals surface area (Å²) in [6, 6.07) is 0. The normalized spacial score (nSPS) is 10.3. The Morgan fingerprint density at radius 1 is 0.929 bits per heavy atom. The molecule has 1 aromatic rings. The number of benzene rings is 1. The molecule has 0 spiro atoms. The van der Waals surface area contributed by atoms with Gasteiger partial charge in [-0.15, -0.1) is 0 Å². The minimum atomic E-state index is -0.988. The Morgan fingerprint density at radius 2 is 1.43 bits per heavy atom. The van der Waals surface area contributed by atoms with Crippen LogP contribution in [0.1, 0.15) is 32.6 Å². The SMILES string of the molecule is Cc1c(C)c(O)c(C)c(C(=O)O)c1C. The molecule has 76 valence electrons. The number of phenolic OH excluding ortho intramolecular Hbond substituents is 1. The lowest BCUT2D eigenvalue weighted by atomic mass is 9.93. The third-order valence-electron chi connectivity index (χ3n) is 2.80. The highest BCUT2D eigenvalue weighted by molar-refractivity contribution is 5.92. The van der Waals surface area contributed by atoms with Crippen molar-refractivity contribution < 1.29 is 15.0 Å². The first-order valence-electron chi connectivity index (χ1n) is 4.40. The van der Waals surface area contributed by atoms with Crippen LogP contribution in [0.2, 0.25) is 0 Å². The molecule has 0 aromatic heterocycles. The standard InChI is InChI=1S/C11H14O3/c1-5-6(2)9(11(13)14)8(4)10(12)7(5)3/h12H,1-4H3,(H,13,14). The Kier molecular flexibility index (Phi) is 2.51. The smallest absolute Gasteiger partial charge is 0.336 e. The maximum Gasteiger partial charge on any atom is 0.336 e. The van der Waals surface area contributed by atoms with Gasteiger partial charge in [-0.25, -0.2) is 4.79 Å². The quantitative estimate of drug-likeness (QED) is 0.721. The van der Waals surface area contributed by atoms with E-state index in [1.165, 1.54) is 0 Å². The van der Waals surface area contributed by atoms with Gasteiger partial charge in [0.2, 0.25) is 0 Å². The average molecular weight is 194 g/mol. The van der Waals surface area contributed by atoms with Gasteiger partial charge in [-0.05, 0) is 44.4 Å². The number of aromatic carboxylic acids is 1. The highest BCUT2D eigenvalue weighted by atomic mass is 16.4. The summed E-state index contributed by atoms with van der Waals surface area (Å²) >= 11 is 0. The summed E-state index contributed by atoms with van der Waals surface area (Å²) in [7, 11) is 0. The first-order valence-corrected chi connectivity index (χ1v) is 4.40. The zero-order chi connectivity index (χ0) is 11.0. The van der Waals surface area contributed by atoms with Gasteiger partial charge < -0.3 is 10.2 Å². The van der Waals surface area contributed by atoms with Crippen molar-refractivity contribution in [3.63, 3.8) is 0 Å². The molecular weight excluding hydrogens is 180 g/mol. The number of hydrogen-bond acceptors (Lipinski definition) is 2. The summed E-state index contributed by atoms with van der Waals surface area (Å²) in [5.74, 6) is -0.899. The zero-order valence-corrected chi connectivity index (χ0v) is 8.80. The topological polar surface area (TPSA) is 57.5 Å². The fraction of sp³-hybridized carbons (Fsp3) is 0.364. The predicted molar refractivity (Wildman–Crippen MR) is 54.0 cm³/mol. The number of phenols is 1. The first-order chi connectivity index (χ1) is 6.37. The van der Waals surface area contributed by atoms with Crippen molar-refractivity contribution in [1.29, 1.82) is 0 Å². The molecule has 0 saturated carbocycles. The largest absolute Gasteiger partial charge is 0.507 e. The van der Waals surface area contributed by atoms with Crippen LogP contribution in [-0.4, -0.2) is 16.2 Å². The molecule has 0 amide bonds. The van der Waals surface area contributed by atoms with Gasteiger partial charge in [0, 0.05) is 5.56 Å². The van der Waals surface area contributed by atoms with Gasteiger partial charge >= 0.3 is 5.97 Å². The minimum Gasteiger partial charge on any atom is -0.507 e. The lowest BCUT2D eigenvalue weighted by Gasteiger charge is -2.14. The molecule has 0 bridgehead atoms. The first kappa shape index (κ1) is 10.6.